The molecule has 1 amide bonds. The van der Waals surface area contributed by atoms with Crippen molar-refractivity contribution in [2.24, 2.45) is 0 Å². The Bertz CT molecular complexity index is 855. The van der Waals surface area contributed by atoms with Crippen LogP contribution in [0.5, 0.6) is 0 Å². The molecule has 3 aromatic rings. The molecule has 0 aliphatic heterocycles. The van der Waals surface area contributed by atoms with E-state index in [1.54, 1.807) is 16.8 Å². The molecule has 0 bridgehead atoms. The number of rotatable bonds is 6. The molecule has 8 heteroatoms. The monoisotopic (exact) mass is 373 g/mol. The van der Waals surface area contributed by atoms with Gasteiger partial charge in [0.1, 0.15) is 0 Å². The van der Waals surface area contributed by atoms with Crippen LogP contribution in [-0.4, -0.2) is 31.9 Å². The largest absolute Gasteiger partial charge is 0.349 e. The van der Waals surface area contributed by atoms with Gasteiger partial charge in [-0.3, -0.25) is 4.79 Å². The summed E-state index contributed by atoms with van der Waals surface area (Å²) in [7, 11) is 0. The van der Waals surface area contributed by atoms with Gasteiger partial charge in [0.25, 0.3) is 0 Å². The summed E-state index contributed by atoms with van der Waals surface area (Å²) < 4.78 is 1.56. The van der Waals surface area contributed by atoms with Crippen molar-refractivity contribution in [1.82, 2.24) is 25.5 Å². The first-order valence-electron chi connectivity index (χ1n) is 7.65. The summed E-state index contributed by atoms with van der Waals surface area (Å²) in [5.74, 6) is 0.139. The zero-order valence-corrected chi connectivity index (χ0v) is 15.0. The van der Waals surface area contributed by atoms with Crippen LogP contribution in [-0.2, 0) is 4.79 Å². The fraction of sp³-hybridized carbons (Fsp3) is 0.176. The van der Waals surface area contributed by atoms with Crippen LogP contribution >= 0.6 is 23.4 Å². The van der Waals surface area contributed by atoms with Crippen LogP contribution < -0.4 is 5.32 Å². The van der Waals surface area contributed by atoms with Crippen LogP contribution in [0.2, 0.25) is 5.02 Å². The van der Waals surface area contributed by atoms with E-state index >= 15 is 0 Å². The van der Waals surface area contributed by atoms with Crippen molar-refractivity contribution >= 4 is 29.3 Å². The van der Waals surface area contributed by atoms with Crippen molar-refractivity contribution in [1.29, 1.82) is 0 Å². The first-order valence-corrected chi connectivity index (χ1v) is 9.01. The second-order valence-corrected chi connectivity index (χ2v) is 6.72. The van der Waals surface area contributed by atoms with Crippen LogP contribution in [0.1, 0.15) is 18.5 Å². The first-order chi connectivity index (χ1) is 12.1. The Labute approximate surface area is 154 Å². The SMILES string of the molecule is C[C@H](NC(=O)CSc1nnnn1-c1cccc(Cl)c1)c1ccccc1. The third kappa shape index (κ3) is 4.58. The predicted octanol–water partition coefficient (Wildman–Crippen LogP) is 3.29. The lowest BCUT2D eigenvalue weighted by Crippen LogP contribution is -2.28. The van der Waals surface area contributed by atoms with Gasteiger partial charge in [0.15, 0.2) is 0 Å². The lowest BCUT2D eigenvalue weighted by atomic mass is 10.1. The quantitative estimate of drug-likeness (QED) is 0.671. The normalized spacial score (nSPS) is 11.9. The van der Waals surface area contributed by atoms with E-state index in [0.29, 0.717) is 10.2 Å². The van der Waals surface area contributed by atoms with Gasteiger partial charge in [-0.25, -0.2) is 0 Å². The zero-order chi connectivity index (χ0) is 17.6. The average Bonchev–Trinajstić information content (AvgIpc) is 3.09. The number of nitrogens with zero attached hydrogens (tertiary/aromatic N) is 4. The van der Waals surface area contributed by atoms with Crippen LogP contribution in [0.4, 0.5) is 0 Å². The van der Waals surface area contributed by atoms with E-state index < -0.39 is 0 Å². The molecule has 0 aliphatic carbocycles. The number of hydrogen-bond donors (Lipinski definition) is 1. The minimum absolute atomic E-state index is 0.0572. The van der Waals surface area contributed by atoms with Gasteiger partial charge >= 0.3 is 0 Å². The van der Waals surface area contributed by atoms with Gasteiger partial charge in [0, 0.05) is 5.02 Å². The molecule has 25 heavy (non-hydrogen) atoms. The van der Waals surface area contributed by atoms with Gasteiger partial charge in [-0.05, 0) is 41.1 Å². The van der Waals surface area contributed by atoms with E-state index in [-0.39, 0.29) is 17.7 Å². The Hall–Kier alpha value is -2.38. The molecular formula is C17H16ClN5OS. The maximum absolute atomic E-state index is 12.2. The Balaban J connectivity index is 1.61. The highest BCUT2D eigenvalue weighted by Gasteiger charge is 2.14. The molecule has 0 fully saturated rings. The van der Waals surface area contributed by atoms with Crippen molar-refractivity contribution in [2.45, 2.75) is 18.1 Å². The molecule has 3 rings (SSSR count). The summed E-state index contributed by atoms with van der Waals surface area (Å²) in [5.41, 5.74) is 1.81. The van der Waals surface area contributed by atoms with Crippen molar-refractivity contribution in [3.05, 3.63) is 65.2 Å². The minimum Gasteiger partial charge on any atom is -0.349 e. The summed E-state index contributed by atoms with van der Waals surface area (Å²) in [6.07, 6.45) is 0. The van der Waals surface area contributed by atoms with Gasteiger partial charge < -0.3 is 5.32 Å². The first kappa shape index (κ1) is 17.4. The predicted molar refractivity (Wildman–Crippen MR) is 97.9 cm³/mol. The number of carbonyl (C=O) groups excluding carboxylic acids is 1. The minimum atomic E-state index is -0.0815. The van der Waals surface area contributed by atoms with Crippen molar-refractivity contribution in [2.75, 3.05) is 5.75 Å². The second kappa shape index (κ2) is 8.13. The number of tetrazole rings is 1. The number of thioether (sulfide) groups is 1. The molecule has 6 nitrogen and oxygen atoms in total. The average molecular weight is 374 g/mol. The Kier molecular flexibility index (Phi) is 5.67. The maximum Gasteiger partial charge on any atom is 0.230 e. The highest BCUT2D eigenvalue weighted by Crippen LogP contribution is 2.20. The molecule has 1 atom stereocenters. The smallest absolute Gasteiger partial charge is 0.230 e. The molecule has 2 aromatic carbocycles. The fourth-order valence-corrected chi connectivity index (χ4v) is 3.16. The number of benzene rings is 2. The number of halogens is 1. The molecule has 128 valence electrons. The van der Waals surface area contributed by atoms with E-state index in [1.165, 1.54) is 11.8 Å². The van der Waals surface area contributed by atoms with E-state index in [9.17, 15) is 4.79 Å². The molecule has 0 unspecified atom stereocenters. The molecule has 1 N–H and O–H groups in total. The third-order valence-electron chi connectivity index (χ3n) is 3.50. The molecule has 0 aliphatic rings. The molecular weight excluding hydrogens is 358 g/mol. The van der Waals surface area contributed by atoms with Crippen LogP contribution in [0, 0.1) is 0 Å². The number of carbonyl (C=O) groups is 1. The molecule has 1 heterocycles. The van der Waals surface area contributed by atoms with Gasteiger partial charge in [-0.2, -0.15) is 4.68 Å². The number of aromatic nitrogens is 4. The van der Waals surface area contributed by atoms with Crippen LogP contribution in [0.3, 0.4) is 0 Å². The second-order valence-electron chi connectivity index (χ2n) is 5.34. The standard InChI is InChI=1S/C17H16ClN5OS/c1-12(13-6-3-2-4-7-13)19-16(24)11-25-17-20-21-22-23(17)15-9-5-8-14(18)10-15/h2-10,12H,11H2,1H3,(H,19,24)/t12-/m0/s1. The van der Waals surface area contributed by atoms with E-state index in [1.807, 2.05) is 49.4 Å². The molecule has 0 saturated heterocycles. The number of nitrogens with one attached hydrogen (secondary N) is 1. The fourth-order valence-electron chi connectivity index (χ4n) is 2.28. The lowest BCUT2D eigenvalue weighted by molar-refractivity contribution is -0.119. The molecule has 0 radical (unpaired) electrons. The lowest BCUT2D eigenvalue weighted by Gasteiger charge is -2.14. The Morgan fingerprint density at radius 3 is 2.80 bits per heavy atom. The van der Waals surface area contributed by atoms with Gasteiger partial charge in [0.05, 0.1) is 17.5 Å². The Morgan fingerprint density at radius 2 is 2.04 bits per heavy atom. The van der Waals surface area contributed by atoms with Crippen molar-refractivity contribution in [3.63, 3.8) is 0 Å². The van der Waals surface area contributed by atoms with Crippen LogP contribution in [0.25, 0.3) is 5.69 Å². The topological polar surface area (TPSA) is 72.7 Å². The number of amides is 1. The highest BCUT2D eigenvalue weighted by atomic mass is 35.5. The maximum atomic E-state index is 12.2. The molecule has 0 saturated carbocycles. The summed E-state index contributed by atoms with van der Waals surface area (Å²) >= 11 is 7.28. The third-order valence-corrected chi connectivity index (χ3v) is 4.66. The van der Waals surface area contributed by atoms with Gasteiger partial charge in [-0.1, -0.05) is 59.8 Å². The summed E-state index contributed by atoms with van der Waals surface area (Å²) in [4.78, 5) is 12.2. The van der Waals surface area contributed by atoms with E-state index in [0.717, 1.165) is 11.3 Å². The number of hydrogen-bond acceptors (Lipinski definition) is 5. The highest BCUT2D eigenvalue weighted by molar-refractivity contribution is 7.99. The van der Waals surface area contributed by atoms with Gasteiger partial charge in [-0.15, -0.1) is 5.10 Å². The molecule has 0 spiro atoms. The van der Waals surface area contributed by atoms with Crippen molar-refractivity contribution < 1.29 is 4.79 Å². The summed E-state index contributed by atoms with van der Waals surface area (Å²) in [6.45, 7) is 1.95. The Morgan fingerprint density at radius 1 is 1.24 bits per heavy atom. The van der Waals surface area contributed by atoms with E-state index in [2.05, 4.69) is 20.8 Å². The molecule has 1 aromatic heterocycles. The van der Waals surface area contributed by atoms with Crippen LogP contribution in [0.15, 0.2) is 59.8 Å². The summed E-state index contributed by atoms with van der Waals surface area (Å²) in [6, 6.07) is 17.0. The summed E-state index contributed by atoms with van der Waals surface area (Å²) in [5, 5.41) is 15.7. The van der Waals surface area contributed by atoms with E-state index in [4.69, 9.17) is 11.6 Å². The van der Waals surface area contributed by atoms with Crippen molar-refractivity contribution in [3.8, 4) is 5.69 Å². The zero-order valence-electron chi connectivity index (χ0n) is 13.5. The van der Waals surface area contributed by atoms with Gasteiger partial charge in [0.2, 0.25) is 11.1 Å².